The van der Waals surface area contributed by atoms with E-state index in [0.717, 1.165) is 23.8 Å². The molecule has 47 heavy (non-hydrogen) atoms. The van der Waals surface area contributed by atoms with Crippen molar-refractivity contribution in [1.29, 1.82) is 0 Å². The number of imidazole rings is 1. The van der Waals surface area contributed by atoms with Crippen LogP contribution in [0.5, 0.6) is 0 Å². The summed E-state index contributed by atoms with van der Waals surface area (Å²) in [5.41, 5.74) is 0.351. The minimum Gasteiger partial charge on any atom is -0.691 e. The van der Waals surface area contributed by atoms with Crippen LogP contribution in [0.3, 0.4) is 0 Å². The largest absolute Gasteiger partial charge is 1.00 e. The summed E-state index contributed by atoms with van der Waals surface area (Å²) in [6.07, 6.45) is -4.38. The molecule has 5 rings (SSSR count). The topological polar surface area (TPSA) is 56.8 Å². The van der Waals surface area contributed by atoms with Crippen LogP contribution in [0.25, 0.3) is 17.1 Å². The third kappa shape index (κ3) is 7.79. The van der Waals surface area contributed by atoms with Crippen LogP contribution in [0, 0.1) is 11.3 Å². The van der Waals surface area contributed by atoms with Crippen LogP contribution in [-0.4, -0.2) is 11.1 Å². The number of allylic oxidation sites excluding steroid dienone is 2. The molecule has 0 spiro atoms. The SMILES string of the molecule is CCN1/C(=C\C=C\c2n(Cc3ccccc3)c3cc(C(F)(F)F)ccc3[n+]2C)N(C#CSOO[O-])c2cc(C(F)(F)F)c(Cl)cc21.[Na+]. The summed E-state index contributed by atoms with van der Waals surface area (Å²) in [4.78, 5) is 2.97. The monoisotopic (exact) mass is 703 g/mol. The van der Waals surface area contributed by atoms with Gasteiger partial charge in [-0.2, -0.15) is 30.7 Å². The molecule has 4 aromatic rings. The summed E-state index contributed by atoms with van der Waals surface area (Å²) in [5.74, 6) is 0.887. The van der Waals surface area contributed by atoms with Gasteiger partial charge in [0.2, 0.25) is 0 Å². The molecule has 1 aliphatic rings. The average molecular weight is 704 g/mol. The summed E-state index contributed by atoms with van der Waals surface area (Å²) < 4.78 is 89.9. The third-order valence-electron chi connectivity index (χ3n) is 7.23. The van der Waals surface area contributed by atoms with E-state index in [9.17, 15) is 31.6 Å². The number of nitrogens with zero attached hydrogens (tertiary/aromatic N) is 4. The predicted octanol–water partition coefficient (Wildman–Crippen LogP) is 4.20. The number of alkyl halides is 6. The van der Waals surface area contributed by atoms with Gasteiger partial charge in [0, 0.05) is 30.0 Å². The Bertz CT molecular complexity index is 1890. The first-order chi connectivity index (χ1) is 21.8. The quantitative estimate of drug-likeness (QED) is 0.0421. The van der Waals surface area contributed by atoms with Gasteiger partial charge in [0.15, 0.2) is 11.0 Å². The Morgan fingerprint density at radius 1 is 1.00 bits per heavy atom. The van der Waals surface area contributed by atoms with Crippen LogP contribution in [0.1, 0.15) is 29.4 Å². The number of benzene rings is 3. The number of halogens is 7. The molecule has 0 radical (unpaired) electrons. The maximum Gasteiger partial charge on any atom is 1.00 e. The molecule has 0 bridgehead atoms. The van der Waals surface area contributed by atoms with Crippen LogP contribution in [0.15, 0.2) is 78.6 Å². The first kappa shape index (κ1) is 36.7. The van der Waals surface area contributed by atoms with E-state index >= 15 is 0 Å². The third-order valence-corrected chi connectivity index (χ3v) is 7.84. The van der Waals surface area contributed by atoms with Crippen molar-refractivity contribution < 1.29 is 75.1 Å². The number of aromatic nitrogens is 2. The van der Waals surface area contributed by atoms with Crippen molar-refractivity contribution in [1.82, 2.24) is 4.57 Å². The van der Waals surface area contributed by atoms with Gasteiger partial charge in [0.25, 0.3) is 5.82 Å². The molecule has 0 atom stereocenters. The number of aryl methyl sites for hydroxylation is 1. The van der Waals surface area contributed by atoms with E-state index in [1.807, 2.05) is 30.3 Å². The fourth-order valence-electron chi connectivity index (χ4n) is 5.22. The van der Waals surface area contributed by atoms with E-state index in [1.165, 1.54) is 17.0 Å². The fourth-order valence-corrected chi connectivity index (χ4v) is 5.68. The molecule has 0 saturated heterocycles. The second-order valence-corrected chi connectivity index (χ2v) is 10.8. The van der Waals surface area contributed by atoms with E-state index in [2.05, 4.69) is 20.7 Å². The summed E-state index contributed by atoms with van der Waals surface area (Å²) in [7, 11) is 1.72. The molecule has 16 heteroatoms. The van der Waals surface area contributed by atoms with Crippen LogP contribution < -0.4 is 49.2 Å². The zero-order chi connectivity index (χ0) is 33.2. The zero-order valence-corrected chi connectivity index (χ0v) is 28.6. The van der Waals surface area contributed by atoms with Gasteiger partial charge in [0.05, 0.1) is 34.6 Å². The van der Waals surface area contributed by atoms with Gasteiger partial charge >= 0.3 is 41.9 Å². The molecule has 2 heterocycles. The minimum absolute atomic E-state index is 0. The van der Waals surface area contributed by atoms with Gasteiger partial charge in [-0.25, -0.2) is 9.13 Å². The Hall–Kier alpha value is -3.13. The second kappa shape index (κ2) is 15.0. The van der Waals surface area contributed by atoms with Gasteiger partial charge in [-0.15, -0.1) is 0 Å². The molecule has 0 aliphatic carbocycles. The minimum atomic E-state index is -4.74. The smallest absolute Gasteiger partial charge is 0.691 e. The maximum absolute atomic E-state index is 13.8. The summed E-state index contributed by atoms with van der Waals surface area (Å²) in [5, 5.41) is 15.4. The normalized spacial score (nSPS) is 14.1. The Balaban J connectivity index is 0.00000500. The average Bonchev–Trinajstić information content (AvgIpc) is 3.43. The summed E-state index contributed by atoms with van der Waals surface area (Å²) in [6.45, 7) is 2.35. The van der Waals surface area contributed by atoms with Gasteiger partial charge in [-0.3, -0.25) is 9.94 Å². The number of hydrogen-bond acceptors (Lipinski definition) is 6. The van der Waals surface area contributed by atoms with Crippen molar-refractivity contribution in [2.45, 2.75) is 25.8 Å². The van der Waals surface area contributed by atoms with Gasteiger partial charge in [0.1, 0.15) is 24.4 Å². The van der Waals surface area contributed by atoms with Crippen LogP contribution >= 0.6 is 23.6 Å². The first-order valence-electron chi connectivity index (χ1n) is 13.5. The Kier molecular flexibility index (Phi) is 11.7. The van der Waals surface area contributed by atoms with Crippen molar-refractivity contribution in [2.24, 2.45) is 7.05 Å². The van der Waals surface area contributed by atoms with Crippen molar-refractivity contribution in [3.05, 3.63) is 106 Å². The predicted molar refractivity (Wildman–Crippen MR) is 160 cm³/mol. The molecule has 3 aromatic carbocycles. The Morgan fingerprint density at radius 3 is 2.36 bits per heavy atom. The van der Waals surface area contributed by atoms with Crippen LogP contribution in [0.4, 0.5) is 37.7 Å². The van der Waals surface area contributed by atoms with E-state index in [1.54, 1.807) is 46.2 Å². The molecule has 7 nitrogen and oxygen atoms in total. The molecule has 0 N–H and O–H groups in total. The number of rotatable bonds is 7. The van der Waals surface area contributed by atoms with Crippen molar-refractivity contribution in [2.75, 3.05) is 16.3 Å². The second-order valence-electron chi connectivity index (χ2n) is 9.91. The molecule has 1 aromatic heterocycles. The number of fused-ring (bicyclic) bond motifs is 2. The summed E-state index contributed by atoms with van der Waals surface area (Å²) >= 11 is 6.37. The number of anilines is 2. The van der Waals surface area contributed by atoms with E-state index in [-0.39, 0.29) is 41.8 Å². The van der Waals surface area contributed by atoms with Crippen molar-refractivity contribution in [3.63, 3.8) is 0 Å². The van der Waals surface area contributed by atoms with E-state index < -0.39 is 28.5 Å². The molecule has 1 aliphatic heterocycles. The molecular weight excluding hydrogens is 681 g/mol. The molecule has 0 unspecified atom stereocenters. The van der Waals surface area contributed by atoms with Gasteiger partial charge in [-0.1, -0.05) is 48.0 Å². The summed E-state index contributed by atoms with van der Waals surface area (Å²) in [6, 6.07) is 17.5. The van der Waals surface area contributed by atoms with Crippen LogP contribution in [0.2, 0.25) is 5.02 Å². The molecule has 0 amide bonds. The van der Waals surface area contributed by atoms with Gasteiger partial charge < -0.3 is 10.2 Å². The van der Waals surface area contributed by atoms with Crippen molar-refractivity contribution >= 4 is 52.1 Å². The Labute approximate surface area is 297 Å². The van der Waals surface area contributed by atoms with Gasteiger partial charge in [-0.05, 0) is 42.8 Å². The molecule has 240 valence electrons. The van der Waals surface area contributed by atoms with E-state index in [0.29, 0.717) is 47.0 Å². The molecular formula is C31H23ClF6N4NaO3S+. The van der Waals surface area contributed by atoms with Crippen LogP contribution in [-0.2, 0) is 35.3 Å². The van der Waals surface area contributed by atoms with E-state index in [4.69, 9.17) is 11.6 Å². The maximum atomic E-state index is 13.8. The standard InChI is InChI=1S/C31H23ClF6N4O3S.Na/c1-3-40-27-18-23(32)22(31(36,37)38)17-26(27)41(14-15-46-45-44-43)29(40)11-7-10-28-39(2)24-13-12-21(30(33,34)35)16-25(24)42(28)19-20-8-5-4-6-9-20;/h4-13,16-18H,3,19H2,1-2H3;/q;+1. The first-order valence-corrected chi connectivity index (χ1v) is 14.6. The molecule has 0 saturated carbocycles. The Morgan fingerprint density at radius 2 is 1.72 bits per heavy atom. The molecule has 0 fully saturated rings. The zero-order valence-electron chi connectivity index (χ0n) is 25.0. The number of hydrogen-bond donors (Lipinski definition) is 0. The van der Waals surface area contributed by atoms with Crippen molar-refractivity contribution in [3.8, 4) is 11.3 Å². The fraction of sp³-hybridized carbons (Fsp3) is 0.194.